The number of sulfone groups is 1. The highest BCUT2D eigenvalue weighted by atomic mass is 32.2. The first-order valence-corrected chi connectivity index (χ1v) is 12.0. The predicted molar refractivity (Wildman–Crippen MR) is 121 cm³/mol. The van der Waals surface area contributed by atoms with E-state index in [0.29, 0.717) is 35.1 Å². The lowest BCUT2D eigenvalue weighted by atomic mass is 10.2. The number of fused-ring (bicyclic) bond motifs is 1. The summed E-state index contributed by atoms with van der Waals surface area (Å²) in [4.78, 5) is 21.8. The van der Waals surface area contributed by atoms with Crippen molar-refractivity contribution >= 4 is 42.4 Å². The number of nitrogens with zero attached hydrogens (tertiary/aromatic N) is 3. The molecule has 0 N–H and O–H groups in total. The topological polar surface area (TPSA) is 79.8 Å². The van der Waals surface area contributed by atoms with E-state index < -0.39 is 9.84 Å². The molecule has 2 aromatic carbocycles. The fourth-order valence-electron chi connectivity index (χ4n) is 2.98. The van der Waals surface area contributed by atoms with Crippen LogP contribution in [0.1, 0.15) is 15.9 Å². The molecule has 30 heavy (non-hydrogen) atoms. The van der Waals surface area contributed by atoms with Gasteiger partial charge < -0.3 is 9.64 Å². The van der Waals surface area contributed by atoms with Gasteiger partial charge in [0.25, 0.3) is 5.91 Å². The zero-order chi connectivity index (χ0) is 22.1. The molecule has 1 heterocycles. The average molecular weight is 448 g/mol. The van der Waals surface area contributed by atoms with Crippen molar-refractivity contribution in [3.63, 3.8) is 0 Å². The highest BCUT2D eigenvalue weighted by molar-refractivity contribution is 7.90. The Morgan fingerprint density at radius 2 is 1.90 bits per heavy atom. The summed E-state index contributed by atoms with van der Waals surface area (Å²) in [5.74, 6) is 0.357. The molecule has 160 valence electrons. The minimum Gasteiger partial charge on any atom is -0.494 e. The van der Waals surface area contributed by atoms with E-state index in [4.69, 9.17) is 9.72 Å². The van der Waals surface area contributed by atoms with Gasteiger partial charge in [-0.2, -0.15) is 0 Å². The van der Waals surface area contributed by atoms with Gasteiger partial charge in [0, 0.05) is 24.9 Å². The summed E-state index contributed by atoms with van der Waals surface area (Å²) in [7, 11) is 2.03. The Hall–Kier alpha value is -2.49. The largest absolute Gasteiger partial charge is 0.494 e. The second kappa shape index (κ2) is 8.71. The van der Waals surface area contributed by atoms with Gasteiger partial charge in [-0.3, -0.25) is 9.69 Å². The number of rotatable bonds is 7. The number of benzene rings is 2. The standard InChI is InChI=1S/C21H25N3O4S2/c1-14-9-10-17(28-4)18-19(14)29-21(22-18)24(12-11-23(2)3)20(25)15-7-6-8-16(13-15)30(5,26)27/h6-10,13H,11-12H2,1-5H3. The molecule has 7 nitrogen and oxygen atoms in total. The number of aromatic nitrogens is 1. The first kappa shape index (κ1) is 22.2. The van der Waals surface area contributed by atoms with Gasteiger partial charge in [0.1, 0.15) is 11.3 Å². The fourth-order valence-corrected chi connectivity index (χ4v) is 4.72. The Morgan fingerprint density at radius 3 is 2.53 bits per heavy atom. The minimum atomic E-state index is -3.42. The van der Waals surface area contributed by atoms with E-state index in [0.717, 1.165) is 16.5 Å². The summed E-state index contributed by atoms with van der Waals surface area (Å²) in [6.45, 7) is 3.03. The first-order chi connectivity index (χ1) is 14.1. The Bertz CT molecular complexity index is 1190. The smallest absolute Gasteiger partial charge is 0.260 e. The van der Waals surface area contributed by atoms with E-state index in [-0.39, 0.29) is 10.8 Å². The van der Waals surface area contributed by atoms with Crippen LogP contribution >= 0.6 is 11.3 Å². The fraction of sp³-hybridized carbons (Fsp3) is 0.333. The zero-order valence-electron chi connectivity index (χ0n) is 17.7. The van der Waals surface area contributed by atoms with Crippen LogP contribution < -0.4 is 9.64 Å². The van der Waals surface area contributed by atoms with Crippen LogP contribution in [0.25, 0.3) is 10.2 Å². The molecular weight excluding hydrogens is 422 g/mol. The monoisotopic (exact) mass is 447 g/mol. The molecule has 9 heteroatoms. The quantitative estimate of drug-likeness (QED) is 0.553. The summed E-state index contributed by atoms with van der Waals surface area (Å²) in [6.07, 6.45) is 1.13. The van der Waals surface area contributed by atoms with Gasteiger partial charge in [-0.15, -0.1) is 0 Å². The number of carbonyl (C=O) groups excluding carboxylic acids is 1. The van der Waals surface area contributed by atoms with Gasteiger partial charge in [0.15, 0.2) is 15.0 Å². The highest BCUT2D eigenvalue weighted by Gasteiger charge is 2.24. The molecule has 0 atom stereocenters. The Morgan fingerprint density at radius 1 is 1.17 bits per heavy atom. The van der Waals surface area contributed by atoms with Gasteiger partial charge in [-0.05, 0) is 50.8 Å². The third kappa shape index (κ3) is 4.63. The lowest BCUT2D eigenvalue weighted by molar-refractivity contribution is 0.0985. The van der Waals surface area contributed by atoms with Gasteiger partial charge in [-0.25, -0.2) is 13.4 Å². The van der Waals surface area contributed by atoms with Crippen LogP contribution in [0.5, 0.6) is 5.75 Å². The van der Waals surface area contributed by atoms with Gasteiger partial charge in [0.05, 0.1) is 16.7 Å². The SMILES string of the molecule is COc1ccc(C)c2sc(N(CCN(C)C)C(=O)c3cccc(S(C)(=O)=O)c3)nc12. The molecule has 3 aromatic rings. The number of amides is 1. The molecule has 0 radical (unpaired) electrons. The maximum Gasteiger partial charge on any atom is 0.260 e. The number of carbonyl (C=O) groups is 1. The van der Waals surface area contributed by atoms with Crippen LogP contribution in [0.3, 0.4) is 0 Å². The molecule has 0 aliphatic carbocycles. The maximum atomic E-state index is 13.4. The summed E-state index contributed by atoms with van der Waals surface area (Å²) >= 11 is 1.42. The maximum absolute atomic E-state index is 13.4. The molecule has 0 aliphatic heterocycles. The van der Waals surface area contributed by atoms with Crippen molar-refractivity contribution in [2.75, 3.05) is 45.5 Å². The van der Waals surface area contributed by atoms with E-state index in [1.165, 1.54) is 23.5 Å². The van der Waals surface area contributed by atoms with E-state index in [1.807, 2.05) is 38.1 Å². The molecule has 0 aliphatic rings. The third-order valence-corrected chi connectivity index (χ3v) is 6.99. The molecule has 3 rings (SSSR count). The van der Waals surface area contributed by atoms with Gasteiger partial charge in [-0.1, -0.05) is 23.5 Å². The Labute approximate surface area is 180 Å². The molecule has 1 aromatic heterocycles. The van der Waals surface area contributed by atoms with E-state index in [2.05, 4.69) is 0 Å². The number of ether oxygens (including phenoxy) is 1. The van der Waals surface area contributed by atoms with Crippen LogP contribution in [0.2, 0.25) is 0 Å². The number of hydrogen-bond acceptors (Lipinski definition) is 7. The van der Waals surface area contributed by atoms with Crippen LogP contribution in [0.4, 0.5) is 5.13 Å². The number of aryl methyl sites for hydroxylation is 1. The van der Waals surface area contributed by atoms with Crippen molar-refractivity contribution in [1.82, 2.24) is 9.88 Å². The third-order valence-electron chi connectivity index (χ3n) is 4.67. The molecule has 0 saturated carbocycles. The molecule has 1 amide bonds. The second-order valence-corrected chi connectivity index (χ2v) is 10.3. The lowest BCUT2D eigenvalue weighted by Crippen LogP contribution is -2.36. The van der Waals surface area contributed by atoms with Crippen LogP contribution in [-0.4, -0.2) is 64.8 Å². The van der Waals surface area contributed by atoms with Crippen LogP contribution in [0.15, 0.2) is 41.3 Å². The lowest BCUT2D eigenvalue weighted by Gasteiger charge is -2.22. The summed E-state index contributed by atoms with van der Waals surface area (Å²) in [6, 6.07) is 9.94. The molecule has 0 saturated heterocycles. The highest BCUT2D eigenvalue weighted by Crippen LogP contribution is 2.36. The minimum absolute atomic E-state index is 0.114. The number of methoxy groups -OCH3 is 1. The van der Waals surface area contributed by atoms with E-state index >= 15 is 0 Å². The Balaban J connectivity index is 2.09. The molecule has 0 unspecified atom stereocenters. The average Bonchev–Trinajstić information content (AvgIpc) is 3.13. The van der Waals surface area contributed by atoms with Crippen molar-refractivity contribution in [2.24, 2.45) is 0 Å². The predicted octanol–water partition coefficient (Wildman–Crippen LogP) is 3.23. The number of anilines is 1. The normalized spacial score (nSPS) is 11.8. The number of likely N-dealkylation sites (N-methyl/N-ethyl adjacent to an activating group) is 1. The van der Waals surface area contributed by atoms with Crippen LogP contribution in [0, 0.1) is 6.92 Å². The molecular formula is C21H25N3O4S2. The summed E-state index contributed by atoms with van der Waals surface area (Å²) < 4.78 is 30.3. The second-order valence-electron chi connectivity index (χ2n) is 7.32. The van der Waals surface area contributed by atoms with E-state index in [9.17, 15) is 13.2 Å². The van der Waals surface area contributed by atoms with Gasteiger partial charge >= 0.3 is 0 Å². The summed E-state index contributed by atoms with van der Waals surface area (Å²) in [5, 5.41) is 0.550. The van der Waals surface area contributed by atoms with Crippen molar-refractivity contribution in [2.45, 2.75) is 11.8 Å². The number of thiazole rings is 1. The van der Waals surface area contributed by atoms with Crippen molar-refractivity contribution in [3.8, 4) is 5.75 Å². The molecule has 0 bridgehead atoms. The van der Waals surface area contributed by atoms with E-state index in [1.54, 1.807) is 24.1 Å². The van der Waals surface area contributed by atoms with Gasteiger partial charge in [0.2, 0.25) is 0 Å². The Kier molecular flexibility index (Phi) is 6.44. The molecule has 0 fully saturated rings. The van der Waals surface area contributed by atoms with Crippen molar-refractivity contribution in [3.05, 3.63) is 47.5 Å². The van der Waals surface area contributed by atoms with Crippen molar-refractivity contribution < 1.29 is 17.9 Å². The first-order valence-electron chi connectivity index (χ1n) is 9.32. The van der Waals surface area contributed by atoms with Crippen molar-refractivity contribution in [1.29, 1.82) is 0 Å². The molecule has 0 spiro atoms. The zero-order valence-corrected chi connectivity index (χ0v) is 19.3. The van der Waals surface area contributed by atoms with Crippen LogP contribution in [-0.2, 0) is 9.84 Å². The number of hydrogen-bond donors (Lipinski definition) is 0. The summed E-state index contributed by atoms with van der Waals surface area (Å²) in [5.41, 5.74) is 2.07.